The maximum absolute atomic E-state index is 5.97. The quantitative estimate of drug-likeness (QED) is 0.722. The Kier molecular flexibility index (Phi) is 4.61. The van der Waals surface area contributed by atoms with Crippen LogP contribution >= 0.6 is 0 Å². The third-order valence-electron chi connectivity index (χ3n) is 3.59. The summed E-state index contributed by atoms with van der Waals surface area (Å²) < 4.78 is 5.97. The van der Waals surface area contributed by atoms with E-state index in [0.717, 1.165) is 12.5 Å². The highest BCUT2D eigenvalue weighted by Gasteiger charge is 2.21. The molecule has 1 fully saturated rings. The number of hydrogen-bond acceptors (Lipinski definition) is 1. The summed E-state index contributed by atoms with van der Waals surface area (Å²) in [5.41, 5.74) is 1.51. The van der Waals surface area contributed by atoms with Crippen LogP contribution in [0.25, 0.3) is 0 Å². The Balaban J connectivity index is 1.94. The maximum Gasteiger partial charge on any atom is 0.177 e. The largest absolute Gasteiger partial charge is 0.420 e. The summed E-state index contributed by atoms with van der Waals surface area (Å²) in [5, 5.41) is 0. The zero-order chi connectivity index (χ0) is 11.2. The van der Waals surface area contributed by atoms with E-state index in [4.69, 9.17) is 4.43 Å². The summed E-state index contributed by atoms with van der Waals surface area (Å²) in [7, 11) is -0.871. The first kappa shape index (κ1) is 11.9. The smallest absolute Gasteiger partial charge is 0.177 e. The van der Waals surface area contributed by atoms with Crippen molar-refractivity contribution in [3.63, 3.8) is 0 Å². The molecule has 2 rings (SSSR count). The van der Waals surface area contributed by atoms with Gasteiger partial charge in [0.25, 0.3) is 0 Å². The van der Waals surface area contributed by atoms with Crippen LogP contribution in [0.15, 0.2) is 30.3 Å². The molecule has 0 spiro atoms. The summed E-state index contributed by atoms with van der Waals surface area (Å²) in [6.07, 6.45) is 3.94. The molecule has 1 aromatic carbocycles. The molecule has 0 radical (unpaired) electrons. The van der Waals surface area contributed by atoms with Crippen molar-refractivity contribution in [2.45, 2.75) is 44.2 Å². The van der Waals surface area contributed by atoms with Crippen molar-refractivity contribution in [2.24, 2.45) is 0 Å². The Bertz CT molecular complexity index is 293. The molecule has 0 aliphatic carbocycles. The topological polar surface area (TPSA) is 9.23 Å². The van der Waals surface area contributed by atoms with Gasteiger partial charge >= 0.3 is 0 Å². The summed E-state index contributed by atoms with van der Waals surface area (Å²) in [4.78, 5) is 0. The van der Waals surface area contributed by atoms with E-state index < -0.39 is 9.04 Å². The molecular formula is C14H22OSi. The summed E-state index contributed by atoms with van der Waals surface area (Å²) in [5.74, 6) is 0.732. The Morgan fingerprint density at radius 3 is 2.69 bits per heavy atom. The van der Waals surface area contributed by atoms with Gasteiger partial charge in [-0.15, -0.1) is 0 Å². The van der Waals surface area contributed by atoms with Gasteiger partial charge in [-0.1, -0.05) is 43.7 Å². The van der Waals surface area contributed by atoms with Crippen molar-refractivity contribution in [3.8, 4) is 0 Å². The van der Waals surface area contributed by atoms with Gasteiger partial charge in [0, 0.05) is 6.61 Å². The normalized spacial score (nSPS) is 22.9. The van der Waals surface area contributed by atoms with Gasteiger partial charge < -0.3 is 4.43 Å². The molecule has 2 unspecified atom stereocenters. The van der Waals surface area contributed by atoms with E-state index in [1.54, 1.807) is 0 Å². The first-order chi connectivity index (χ1) is 7.90. The van der Waals surface area contributed by atoms with Crippen molar-refractivity contribution in [1.82, 2.24) is 0 Å². The monoisotopic (exact) mass is 234 g/mol. The molecule has 2 atom stereocenters. The number of hydrogen-bond donors (Lipinski definition) is 0. The molecule has 0 N–H and O–H groups in total. The second-order valence-corrected chi connectivity index (χ2v) is 7.37. The summed E-state index contributed by atoms with van der Waals surface area (Å²) >= 11 is 0. The van der Waals surface area contributed by atoms with Crippen LogP contribution in [-0.2, 0) is 4.43 Å². The molecule has 1 nitrogen and oxygen atoms in total. The van der Waals surface area contributed by atoms with Gasteiger partial charge in [-0.2, -0.15) is 0 Å². The lowest BCUT2D eigenvalue weighted by atomic mass is 9.99. The third kappa shape index (κ3) is 3.19. The van der Waals surface area contributed by atoms with Gasteiger partial charge in [0.05, 0.1) is 0 Å². The van der Waals surface area contributed by atoms with Gasteiger partial charge in [0.1, 0.15) is 0 Å². The van der Waals surface area contributed by atoms with E-state index in [0.29, 0.717) is 0 Å². The molecule has 1 aliphatic heterocycles. The second-order valence-electron chi connectivity index (χ2n) is 4.74. The fourth-order valence-electron chi connectivity index (χ4n) is 2.57. The van der Waals surface area contributed by atoms with Crippen molar-refractivity contribution in [2.75, 3.05) is 6.61 Å². The molecular weight excluding hydrogens is 212 g/mol. The first-order valence-electron chi connectivity index (χ1n) is 6.56. The van der Waals surface area contributed by atoms with E-state index in [1.165, 1.54) is 36.9 Å². The highest BCUT2D eigenvalue weighted by Crippen LogP contribution is 2.28. The van der Waals surface area contributed by atoms with E-state index in [2.05, 4.69) is 37.3 Å². The molecule has 1 heterocycles. The lowest BCUT2D eigenvalue weighted by Gasteiger charge is -2.25. The Hall–Kier alpha value is -0.603. The Labute approximate surface area is 101 Å². The van der Waals surface area contributed by atoms with Crippen molar-refractivity contribution in [1.29, 1.82) is 0 Å². The number of benzene rings is 1. The minimum Gasteiger partial charge on any atom is -0.420 e. The van der Waals surface area contributed by atoms with E-state index in [-0.39, 0.29) is 0 Å². The highest BCUT2D eigenvalue weighted by molar-refractivity contribution is 6.52. The SMILES string of the molecule is CCC(C[SiH]1CCCCO1)c1ccccc1. The molecule has 1 aliphatic rings. The molecule has 1 saturated heterocycles. The van der Waals surface area contributed by atoms with Crippen LogP contribution in [-0.4, -0.2) is 15.6 Å². The average molecular weight is 234 g/mol. The van der Waals surface area contributed by atoms with Gasteiger partial charge in [0.15, 0.2) is 9.04 Å². The lowest BCUT2D eigenvalue weighted by molar-refractivity contribution is 0.284. The molecule has 2 heteroatoms. The second kappa shape index (κ2) is 6.21. The minimum atomic E-state index is -0.871. The minimum absolute atomic E-state index is 0.732. The lowest BCUT2D eigenvalue weighted by Crippen LogP contribution is -2.25. The Morgan fingerprint density at radius 2 is 2.06 bits per heavy atom. The van der Waals surface area contributed by atoms with Gasteiger partial charge in [-0.25, -0.2) is 0 Å². The zero-order valence-electron chi connectivity index (χ0n) is 10.2. The fourth-order valence-corrected chi connectivity index (χ4v) is 5.60. The molecule has 0 amide bonds. The molecule has 0 bridgehead atoms. The van der Waals surface area contributed by atoms with Gasteiger partial charge in [-0.05, 0) is 36.4 Å². The van der Waals surface area contributed by atoms with Crippen molar-refractivity contribution < 1.29 is 4.43 Å². The van der Waals surface area contributed by atoms with Crippen LogP contribution in [0, 0.1) is 0 Å². The van der Waals surface area contributed by atoms with Crippen LogP contribution in [0.3, 0.4) is 0 Å². The number of rotatable bonds is 4. The van der Waals surface area contributed by atoms with Gasteiger partial charge in [-0.3, -0.25) is 0 Å². The standard InChI is InChI=1S/C14H22OSi/c1-2-13(14-8-4-3-5-9-14)12-16-11-7-6-10-15-16/h3-5,8-9,13,16H,2,6-7,10-12H2,1H3. The van der Waals surface area contributed by atoms with Gasteiger partial charge in [0.2, 0.25) is 0 Å². The molecule has 0 saturated carbocycles. The third-order valence-corrected chi connectivity index (χ3v) is 6.44. The predicted molar refractivity (Wildman–Crippen MR) is 71.4 cm³/mol. The van der Waals surface area contributed by atoms with Crippen LogP contribution in [0.4, 0.5) is 0 Å². The summed E-state index contributed by atoms with van der Waals surface area (Å²) in [6, 6.07) is 13.7. The van der Waals surface area contributed by atoms with Crippen LogP contribution in [0.1, 0.15) is 37.7 Å². The first-order valence-corrected chi connectivity index (χ1v) is 8.67. The predicted octanol–water partition coefficient (Wildman–Crippen LogP) is 3.71. The highest BCUT2D eigenvalue weighted by atomic mass is 28.3. The Morgan fingerprint density at radius 1 is 1.25 bits per heavy atom. The zero-order valence-corrected chi connectivity index (χ0v) is 11.3. The van der Waals surface area contributed by atoms with Crippen LogP contribution in [0.2, 0.25) is 12.1 Å². The molecule has 88 valence electrons. The van der Waals surface area contributed by atoms with Crippen molar-refractivity contribution >= 4 is 9.04 Å². The maximum atomic E-state index is 5.97. The summed E-state index contributed by atoms with van der Waals surface area (Å²) in [6.45, 7) is 3.33. The fraction of sp³-hybridized carbons (Fsp3) is 0.571. The molecule has 1 aromatic rings. The van der Waals surface area contributed by atoms with Crippen molar-refractivity contribution in [3.05, 3.63) is 35.9 Å². The molecule has 0 aromatic heterocycles. The van der Waals surface area contributed by atoms with E-state index >= 15 is 0 Å². The molecule has 16 heavy (non-hydrogen) atoms. The van der Waals surface area contributed by atoms with E-state index in [1.807, 2.05) is 0 Å². The van der Waals surface area contributed by atoms with Crippen LogP contribution in [0.5, 0.6) is 0 Å². The van der Waals surface area contributed by atoms with E-state index in [9.17, 15) is 0 Å². The average Bonchev–Trinajstić information content (AvgIpc) is 2.38. The van der Waals surface area contributed by atoms with Crippen LogP contribution < -0.4 is 0 Å².